The van der Waals surface area contributed by atoms with E-state index in [4.69, 9.17) is 0 Å². The van der Waals surface area contributed by atoms with Crippen molar-refractivity contribution in [2.75, 3.05) is 5.75 Å². The van der Waals surface area contributed by atoms with E-state index in [1.165, 1.54) is 6.92 Å². The second kappa shape index (κ2) is 7.48. The highest BCUT2D eigenvalue weighted by atomic mass is 32.2. The summed E-state index contributed by atoms with van der Waals surface area (Å²) in [5, 5.41) is 9.29. The molecule has 0 saturated carbocycles. The molecule has 0 saturated heterocycles. The zero-order valence-electron chi connectivity index (χ0n) is 14.3. The summed E-state index contributed by atoms with van der Waals surface area (Å²) in [7, 11) is 0. The van der Waals surface area contributed by atoms with Crippen LogP contribution in [0.3, 0.4) is 0 Å². The average molecular weight is 392 g/mol. The zero-order chi connectivity index (χ0) is 19.6. The number of para-hydroxylation sites is 2. The van der Waals surface area contributed by atoms with Crippen molar-refractivity contribution in [2.45, 2.75) is 31.1 Å². The lowest BCUT2D eigenvalue weighted by Crippen LogP contribution is -2.17. The third kappa shape index (κ3) is 4.01. The van der Waals surface area contributed by atoms with Gasteiger partial charge in [0.05, 0.1) is 16.6 Å². The second-order valence-corrected chi connectivity index (χ2v) is 7.00. The molecule has 0 spiro atoms. The number of hydrogen-bond acceptors (Lipinski definition) is 4. The van der Waals surface area contributed by atoms with E-state index in [2.05, 4.69) is 9.97 Å². The van der Waals surface area contributed by atoms with E-state index in [0.29, 0.717) is 18.7 Å². The fourth-order valence-electron chi connectivity index (χ4n) is 2.75. The van der Waals surface area contributed by atoms with Crippen LogP contribution >= 0.6 is 11.8 Å². The quantitative estimate of drug-likeness (QED) is 0.524. The van der Waals surface area contributed by atoms with Crippen LogP contribution in [-0.4, -0.2) is 20.3 Å². The number of aromatic nitrogens is 3. The fourth-order valence-corrected chi connectivity index (χ4v) is 3.73. The summed E-state index contributed by atoms with van der Waals surface area (Å²) < 4.78 is 40.5. The number of benzene rings is 1. The van der Waals surface area contributed by atoms with Gasteiger partial charge in [0.2, 0.25) is 0 Å². The molecule has 1 N–H and O–H groups in total. The van der Waals surface area contributed by atoms with Gasteiger partial charge in [-0.1, -0.05) is 12.1 Å². The molecule has 1 aromatic carbocycles. The number of aromatic amines is 1. The minimum Gasteiger partial charge on any atom is -0.306 e. The van der Waals surface area contributed by atoms with Crippen molar-refractivity contribution in [3.05, 3.63) is 57.6 Å². The summed E-state index contributed by atoms with van der Waals surface area (Å²) in [6.07, 6.45) is -4.03. The molecule has 140 valence electrons. The van der Waals surface area contributed by atoms with Crippen LogP contribution in [0.4, 0.5) is 13.2 Å². The SMILES string of the molecule is Cc1cc(C(F)(F)F)nc(SCCCn2c(=O)[nH]c3ccccc32)c1C#N. The number of nitrogens with one attached hydrogen (secondary N) is 1. The molecule has 0 atom stereocenters. The Morgan fingerprint density at radius 1 is 1.33 bits per heavy atom. The number of nitrogens with zero attached hydrogens (tertiary/aromatic N) is 3. The van der Waals surface area contributed by atoms with E-state index in [1.54, 1.807) is 10.6 Å². The maximum Gasteiger partial charge on any atom is 0.433 e. The van der Waals surface area contributed by atoms with Crippen LogP contribution in [0.2, 0.25) is 0 Å². The normalized spacial score (nSPS) is 11.7. The predicted octanol–water partition coefficient (Wildman–Crippen LogP) is 4.11. The molecule has 0 radical (unpaired) electrons. The number of rotatable bonds is 5. The summed E-state index contributed by atoms with van der Waals surface area (Å²) in [5.41, 5.74) is 0.670. The van der Waals surface area contributed by atoms with Crippen LogP contribution in [0.15, 0.2) is 40.2 Å². The van der Waals surface area contributed by atoms with Gasteiger partial charge in [0.15, 0.2) is 0 Å². The van der Waals surface area contributed by atoms with Crippen LogP contribution in [0.1, 0.15) is 23.2 Å². The molecule has 9 heteroatoms. The second-order valence-electron chi connectivity index (χ2n) is 5.92. The van der Waals surface area contributed by atoms with Crippen LogP contribution in [-0.2, 0) is 12.7 Å². The van der Waals surface area contributed by atoms with Crippen molar-refractivity contribution in [1.82, 2.24) is 14.5 Å². The molecule has 0 aliphatic rings. The van der Waals surface area contributed by atoms with Crippen molar-refractivity contribution in [2.24, 2.45) is 0 Å². The average Bonchev–Trinajstić information content (AvgIpc) is 2.93. The summed E-state index contributed by atoms with van der Waals surface area (Å²) in [6.45, 7) is 1.88. The van der Waals surface area contributed by atoms with E-state index in [9.17, 15) is 23.2 Å². The summed E-state index contributed by atoms with van der Waals surface area (Å²) in [4.78, 5) is 18.4. The van der Waals surface area contributed by atoms with Crippen LogP contribution in [0.25, 0.3) is 11.0 Å². The monoisotopic (exact) mass is 392 g/mol. The number of hydrogen-bond donors (Lipinski definition) is 1. The molecule has 5 nitrogen and oxygen atoms in total. The molecule has 3 aromatic rings. The minimum absolute atomic E-state index is 0.0658. The predicted molar refractivity (Wildman–Crippen MR) is 96.6 cm³/mol. The smallest absolute Gasteiger partial charge is 0.306 e. The van der Waals surface area contributed by atoms with Gasteiger partial charge >= 0.3 is 11.9 Å². The van der Waals surface area contributed by atoms with Gasteiger partial charge in [-0.3, -0.25) is 4.57 Å². The number of H-pyrrole nitrogens is 1. The van der Waals surface area contributed by atoms with E-state index in [0.717, 1.165) is 28.9 Å². The zero-order valence-corrected chi connectivity index (χ0v) is 15.1. The highest BCUT2D eigenvalue weighted by Gasteiger charge is 2.33. The van der Waals surface area contributed by atoms with Crippen molar-refractivity contribution in [1.29, 1.82) is 5.26 Å². The van der Waals surface area contributed by atoms with Crippen LogP contribution in [0.5, 0.6) is 0 Å². The van der Waals surface area contributed by atoms with Crippen molar-refractivity contribution < 1.29 is 13.2 Å². The lowest BCUT2D eigenvalue weighted by molar-refractivity contribution is -0.141. The molecule has 0 bridgehead atoms. The number of thioether (sulfide) groups is 1. The Hall–Kier alpha value is -2.73. The molecule has 2 heterocycles. The number of imidazole rings is 1. The molecule has 27 heavy (non-hydrogen) atoms. The fraction of sp³-hybridized carbons (Fsp3) is 0.278. The van der Waals surface area contributed by atoms with Gasteiger partial charge in [-0.05, 0) is 37.1 Å². The van der Waals surface area contributed by atoms with Gasteiger partial charge in [0, 0.05) is 12.3 Å². The Balaban J connectivity index is 1.74. The maximum atomic E-state index is 13.0. The largest absolute Gasteiger partial charge is 0.433 e. The maximum absolute atomic E-state index is 13.0. The first-order valence-electron chi connectivity index (χ1n) is 8.10. The Morgan fingerprint density at radius 2 is 2.07 bits per heavy atom. The third-order valence-corrected chi connectivity index (χ3v) is 5.09. The molecule has 0 aliphatic heterocycles. The first kappa shape index (κ1) is 19.0. The summed E-state index contributed by atoms with van der Waals surface area (Å²) in [6, 6.07) is 10.1. The molecule has 0 amide bonds. The number of halogens is 3. The first-order valence-corrected chi connectivity index (χ1v) is 9.09. The van der Waals surface area contributed by atoms with Gasteiger partial charge in [-0.25, -0.2) is 9.78 Å². The Kier molecular flexibility index (Phi) is 5.28. The van der Waals surface area contributed by atoms with Gasteiger partial charge in [0.1, 0.15) is 16.8 Å². The number of aryl methyl sites for hydroxylation is 2. The van der Waals surface area contributed by atoms with Crippen molar-refractivity contribution in [3.8, 4) is 6.07 Å². The van der Waals surface area contributed by atoms with Gasteiger partial charge in [-0.15, -0.1) is 11.8 Å². The molecule has 3 rings (SSSR count). The lowest BCUT2D eigenvalue weighted by Gasteiger charge is -2.11. The Morgan fingerprint density at radius 3 is 2.78 bits per heavy atom. The number of nitriles is 1. The molecule has 0 aliphatic carbocycles. The van der Waals surface area contributed by atoms with Crippen LogP contribution in [0, 0.1) is 18.3 Å². The highest BCUT2D eigenvalue weighted by molar-refractivity contribution is 7.99. The van der Waals surface area contributed by atoms with Crippen LogP contribution < -0.4 is 5.69 Å². The van der Waals surface area contributed by atoms with Gasteiger partial charge in [0.25, 0.3) is 0 Å². The molecule has 0 fully saturated rings. The van der Waals surface area contributed by atoms with Crippen molar-refractivity contribution in [3.63, 3.8) is 0 Å². The molecular weight excluding hydrogens is 377 g/mol. The van der Waals surface area contributed by atoms with Gasteiger partial charge in [-0.2, -0.15) is 18.4 Å². The topological polar surface area (TPSA) is 74.5 Å². The lowest BCUT2D eigenvalue weighted by atomic mass is 10.1. The molecule has 0 unspecified atom stereocenters. The number of pyridine rings is 1. The highest BCUT2D eigenvalue weighted by Crippen LogP contribution is 2.32. The number of fused-ring (bicyclic) bond motifs is 1. The minimum atomic E-state index is -4.56. The Labute approximate surface area is 156 Å². The summed E-state index contributed by atoms with van der Waals surface area (Å²) >= 11 is 1.09. The Bertz CT molecular complexity index is 1080. The van der Waals surface area contributed by atoms with E-state index < -0.39 is 11.9 Å². The summed E-state index contributed by atoms with van der Waals surface area (Å²) in [5.74, 6) is 0.425. The van der Waals surface area contributed by atoms with E-state index in [1.807, 2.05) is 24.3 Å². The standard InChI is InChI=1S/C18H15F3N4OS/c1-11-9-15(18(19,20)21)24-16(12(11)10-22)27-8-4-7-25-14-6-3-2-5-13(14)23-17(25)26/h2-3,5-6,9H,4,7-8H2,1H3,(H,23,26). The third-order valence-electron chi connectivity index (χ3n) is 4.03. The first-order chi connectivity index (χ1) is 12.8. The van der Waals surface area contributed by atoms with E-state index >= 15 is 0 Å². The van der Waals surface area contributed by atoms with Crippen molar-refractivity contribution >= 4 is 22.8 Å². The van der Waals surface area contributed by atoms with Gasteiger partial charge < -0.3 is 4.98 Å². The molecule has 2 aromatic heterocycles. The molecular formula is C18H15F3N4OS. The number of alkyl halides is 3. The van der Waals surface area contributed by atoms with E-state index in [-0.39, 0.29) is 21.8 Å².